The highest BCUT2D eigenvalue weighted by atomic mass is 32.2. The summed E-state index contributed by atoms with van der Waals surface area (Å²) in [7, 11) is -8.86. The lowest BCUT2D eigenvalue weighted by atomic mass is 9.83. The Bertz CT molecular complexity index is 1320. The molecule has 1 aliphatic carbocycles. The van der Waals surface area contributed by atoms with Gasteiger partial charge < -0.3 is 8.61 Å². The third-order valence-electron chi connectivity index (χ3n) is 8.19. The Kier molecular flexibility index (Phi) is 11.0. The molecule has 2 aromatic rings. The Hall–Kier alpha value is -2.79. The Morgan fingerprint density at radius 1 is 1.00 bits per heavy atom. The van der Waals surface area contributed by atoms with Crippen molar-refractivity contribution in [1.82, 2.24) is 0 Å². The van der Waals surface area contributed by atoms with E-state index in [9.17, 15) is 27.1 Å². The van der Waals surface area contributed by atoms with Crippen LogP contribution in [-0.2, 0) is 18.7 Å². The van der Waals surface area contributed by atoms with Gasteiger partial charge in [0.1, 0.15) is 5.76 Å². The molecule has 12 heteroatoms. The summed E-state index contributed by atoms with van der Waals surface area (Å²) in [4.78, 5) is 3.04. The largest absolute Gasteiger partial charge is 0.534 e. The second-order valence-electron chi connectivity index (χ2n) is 11.8. The van der Waals surface area contributed by atoms with Crippen molar-refractivity contribution in [3.8, 4) is 0 Å². The van der Waals surface area contributed by atoms with Crippen LogP contribution in [0.3, 0.4) is 0 Å². The molecule has 7 nitrogen and oxygen atoms in total. The van der Waals surface area contributed by atoms with Crippen LogP contribution in [0.15, 0.2) is 77.6 Å². The van der Waals surface area contributed by atoms with Crippen molar-refractivity contribution in [3.05, 3.63) is 82.9 Å². The summed E-state index contributed by atoms with van der Waals surface area (Å²) in [6.07, 6.45) is 3.47. The van der Waals surface area contributed by atoms with Crippen LogP contribution < -0.4 is 10.4 Å². The van der Waals surface area contributed by atoms with Gasteiger partial charge in [0.2, 0.25) is 0 Å². The van der Waals surface area contributed by atoms with Crippen molar-refractivity contribution in [1.29, 1.82) is 0 Å². The summed E-state index contributed by atoms with van der Waals surface area (Å²) in [5, 5.41) is 5.76. The van der Waals surface area contributed by atoms with E-state index in [1.54, 1.807) is 0 Å². The van der Waals surface area contributed by atoms with Crippen LogP contribution in [0.5, 0.6) is 0 Å². The SMILES string of the molecule is CCC(CC)C[C@H](N=[N+]=[N-])[C@H]1C=C(OS(=O)(=O)C(F)(F)F)C[C@H]1CO[Si](c1ccccc1)(c1ccccc1)C(C)(C)C. The van der Waals surface area contributed by atoms with Crippen LogP contribution in [0, 0.1) is 17.8 Å². The molecule has 0 fully saturated rings. The molecule has 42 heavy (non-hydrogen) atoms. The molecule has 0 unspecified atom stereocenters. The number of alkyl halides is 3. The first-order chi connectivity index (χ1) is 19.7. The van der Waals surface area contributed by atoms with Crippen molar-refractivity contribution in [2.24, 2.45) is 22.9 Å². The number of benzene rings is 2. The fraction of sp³-hybridized carbons (Fsp3) is 0.533. The van der Waals surface area contributed by atoms with Gasteiger partial charge in [-0.05, 0) is 51.2 Å². The molecule has 0 saturated heterocycles. The molecule has 0 aliphatic heterocycles. The molecule has 0 spiro atoms. The van der Waals surface area contributed by atoms with Crippen LogP contribution in [0.1, 0.15) is 60.3 Å². The van der Waals surface area contributed by atoms with E-state index < -0.39 is 41.8 Å². The van der Waals surface area contributed by atoms with Gasteiger partial charge in [-0.15, -0.1) is 0 Å². The second kappa shape index (κ2) is 13.7. The third kappa shape index (κ3) is 7.40. The summed E-state index contributed by atoms with van der Waals surface area (Å²) in [6.45, 7) is 10.5. The van der Waals surface area contributed by atoms with Gasteiger partial charge in [0.05, 0.1) is 0 Å². The fourth-order valence-electron chi connectivity index (χ4n) is 5.96. The molecular formula is C30H40F3N3O4SSi. The number of hydrogen-bond acceptors (Lipinski definition) is 5. The summed E-state index contributed by atoms with van der Waals surface area (Å²) in [6, 6.07) is 19.2. The van der Waals surface area contributed by atoms with Crippen molar-refractivity contribution in [2.75, 3.05) is 6.61 Å². The maximum atomic E-state index is 13.2. The minimum atomic E-state index is -5.85. The molecule has 1 aliphatic rings. The highest BCUT2D eigenvalue weighted by molar-refractivity contribution is 7.87. The molecule has 0 bridgehead atoms. The van der Waals surface area contributed by atoms with E-state index in [0.29, 0.717) is 6.42 Å². The summed E-state index contributed by atoms with van der Waals surface area (Å²) in [5.74, 6) is -1.14. The van der Waals surface area contributed by atoms with Gasteiger partial charge in [0, 0.05) is 24.0 Å². The zero-order valence-electron chi connectivity index (χ0n) is 24.7. The molecule has 0 N–H and O–H groups in total. The zero-order valence-corrected chi connectivity index (χ0v) is 26.5. The van der Waals surface area contributed by atoms with Crippen LogP contribution in [0.2, 0.25) is 5.04 Å². The molecule has 3 rings (SSSR count). The average Bonchev–Trinajstić information content (AvgIpc) is 3.33. The van der Waals surface area contributed by atoms with Crippen LogP contribution in [0.25, 0.3) is 10.4 Å². The lowest BCUT2D eigenvalue weighted by molar-refractivity contribution is -0.0523. The summed E-state index contributed by atoms with van der Waals surface area (Å²) >= 11 is 0. The quantitative estimate of drug-likeness (QED) is 0.0577. The molecule has 0 amide bonds. The van der Waals surface area contributed by atoms with Crippen LogP contribution >= 0.6 is 0 Å². The number of rotatable bonds is 13. The first kappa shape index (κ1) is 33.7. The Balaban J connectivity index is 2.07. The first-order valence-electron chi connectivity index (χ1n) is 14.2. The number of halogens is 3. The van der Waals surface area contributed by atoms with Gasteiger partial charge in [0.25, 0.3) is 8.32 Å². The molecule has 0 saturated carbocycles. The molecule has 3 atom stereocenters. The maximum absolute atomic E-state index is 13.2. The Morgan fingerprint density at radius 2 is 1.52 bits per heavy atom. The number of nitrogens with zero attached hydrogens (tertiary/aromatic N) is 3. The van der Waals surface area contributed by atoms with E-state index in [2.05, 4.69) is 35.0 Å². The molecule has 2 aromatic carbocycles. The molecule has 0 heterocycles. The smallest absolute Gasteiger partial charge is 0.407 e. The van der Waals surface area contributed by atoms with E-state index in [4.69, 9.17) is 4.43 Å². The predicted molar refractivity (Wildman–Crippen MR) is 161 cm³/mol. The lowest BCUT2D eigenvalue weighted by Crippen LogP contribution is -2.67. The highest BCUT2D eigenvalue weighted by Crippen LogP contribution is 2.42. The van der Waals surface area contributed by atoms with Crippen molar-refractivity contribution in [3.63, 3.8) is 0 Å². The van der Waals surface area contributed by atoms with Crippen LogP contribution in [-0.4, -0.2) is 34.9 Å². The minimum absolute atomic E-state index is 0.0987. The topological polar surface area (TPSA) is 101 Å². The summed E-state index contributed by atoms with van der Waals surface area (Å²) in [5.41, 5.74) is 3.84. The number of hydrogen-bond donors (Lipinski definition) is 0. The third-order valence-corrected chi connectivity index (χ3v) is 14.2. The zero-order chi connectivity index (χ0) is 31.2. The second-order valence-corrected chi connectivity index (χ2v) is 17.7. The van der Waals surface area contributed by atoms with Crippen LogP contribution in [0.4, 0.5) is 13.2 Å². The normalized spacial score (nSPS) is 18.8. The van der Waals surface area contributed by atoms with E-state index in [1.807, 2.05) is 74.5 Å². The standard InChI is InChI=1S/C30H40F3N3O4SSi/c1-6-22(7-2)18-28(35-36-34)27-20-24(40-41(37,38)30(31,32)33)19-23(27)21-39-42(29(3,4)5,25-14-10-8-11-15-25)26-16-12-9-13-17-26/h8-17,20,22-23,27-28H,6-7,18-19,21H2,1-5H3/t23-,27-,28-/m0/s1. The monoisotopic (exact) mass is 623 g/mol. The average molecular weight is 624 g/mol. The maximum Gasteiger partial charge on any atom is 0.534 e. The summed E-state index contributed by atoms with van der Waals surface area (Å²) < 4.78 is 75.1. The number of azide groups is 1. The predicted octanol–water partition coefficient (Wildman–Crippen LogP) is 7.45. The van der Waals surface area contributed by atoms with Gasteiger partial charge in [-0.3, -0.25) is 0 Å². The van der Waals surface area contributed by atoms with Gasteiger partial charge in [-0.1, -0.05) is 113 Å². The fourth-order valence-corrected chi connectivity index (χ4v) is 11.1. The van der Waals surface area contributed by atoms with Crippen molar-refractivity contribution in [2.45, 2.75) is 76.9 Å². The van der Waals surface area contributed by atoms with Gasteiger partial charge in [-0.25, -0.2) is 0 Å². The molecular weight excluding hydrogens is 583 g/mol. The molecule has 0 radical (unpaired) electrons. The molecule has 0 aromatic heterocycles. The van der Waals surface area contributed by atoms with Crippen molar-refractivity contribution >= 4 is 28.8 Å². The Labute approximate surface area is 248 Å². The van der Waals surface area contributed by atoms with E-state index in [-0.39, 0.29) is 29.7 Å². The first-order valence-corrected chi connectivity index (χ1v) is 17.5. The van der Waals surface area contributed by atoms with E-state index in [0.717, 1.165) is 23.2 Å². The minimum Gasteiger partial charge on any atom is -0.407 e. The van der Waals surface area contributed by atoms with E-state index in [1.165, 1.54) is 6.08 Å². The Morgan fingerprint density at radius 3 is 1.95 bits per heavy atom. The number of allylic oxidation sites excluding steroid dienone is 1. The van der Waals surface area contributed by atoms with Gasteiger partial charge in [0.15, 0.2) is 0 Å². The van der Waals surface area contributed by atoms with E-state index >= 15 is 0 Å². The van der Waals surface area contributed by atoms with Gasteiger partial charge >= 0.3 is 15.6 Å². The van der Waals surface area contributed by atoms with Crippen molar-refractivity contribution < 1.29 is 30.2 Å². The van der Waals surface area contributed by atoms with Gasteiger partial charge in [-0.2, -0.15) is 21.6 Å². The lowest BCUT2D eigenvalue weighted by Gasteiger charge is -2.44. The highest BCUT2D eigenvalue weighted by Gasteiger charge is 2.52. The molecule has 230 valence electrons.